The van der Waals surface area contributed by atoms with E-state index in [0.717, 1.165) is 0 Å². The lowest BCUT2D eigenvalue weighted by Gasteiger charge is -2.11. The molecule has 2 heteroatoms. The number of aromatic nitrogens is 1. The largest absolute Gasteiger partial charge is 0.309 e. The zero-order valence-corrected chi connectivity index (χ0v) is 29.0. The van der Waals surface area contributed by atoms with Crippen molar-refractivity contribution in [2.45, 2.75) is 0 Å². The van der Waals surface area contributed by atoms with Crippen molar-refractivity contribution in [2.75, 3.05) is 0 Å². The number of rotatable bonds is 5. The average molecular weight is 652 g/mol. The molecule has 0 atom stereocenters. The van der Waals surface area contributed by atoms with Crippen LogP contribution in [-0.2, 0) is 0 Å². The molecule has 10 rings (SSSR count). The maximum Gasteiger partial charge on any atom is 0.0892 e. The zero-order valence-electron chi connectivity index (χ0n) is 27.6. The van der Waals surface area contributed by atoms with E-state index in [0.29, 0.717) is 0 Å². The van der Waals surface area contributed by atoms with Crippen LogP contribution in [0.4, 0.5) is 0 Å². The van der Waals surface area contributed by atoms with Crippen molar-refractivity contribution in [1.82, 2.24) is 4.57 Å². The summed E-state index contributed by atoms with van der Waals surface area (Å²) in [5, 5.41) is 5.62. The summed E-state index contributed by atoms with van der Waals surface area (Å²) in [5.41, 5.74) is 16.4. The van der Waals surface area contributed by atoms with Gasteiger partial charge in [-0.05, 0) is 92.0 Å². The minimum Gasteiger partial charge on any atom is -0.309 e. The van der Waals surface area contributed by atoms with Crippen molar-refractivity contribution in [2.24, 2.45) is 0 Å². The summed E-state index contributed by atoms with van der Waals surface area (Å²) < 4.78 is 2.48. The molecule has 234 valence electrons. The molecular formula is C48H33NSi. The van der Waals surface area contributed by atoms with Crippen molar-refractivity contribution in [3.05, 3.63) is 188 Å². The van der Waals surface area contributed by atoms with Crippen LogP contribution in [0.2, 0.25) is 0 Å². The van der Waals surface area contributed by atoms with E-state index in [4.69, 9.17) is 0 Å². The van der Waals surface area contributed by atoms with Crippen molar-refractivity contribution in [3.63, 3.8) is 0 Å². The van der Waals surface area contributed by atoms with Gasteiger partial charge in [0.05, 0.1) is 20.6 Å². The van der Waals surface area contributed by atoms with Crippen LogP contribution in [0.3, 0.4) is 0 Å². The van der Waals surface area contributed by atoms with Gasteiger partial charge in [-0.15, -0.1) is 0 Å². The van der Waals surface area contributed by atoms with Crippen LogP contribution in [0, 0.1) is 0 Å². The first-order valence-electron chi connectivity index (χ1n) is 17.4. The van der Waals surface area contributed by atoms with E-state index in [1.165, 1.54) is 88.3 Å². The van der Waals surface area contributed by atoms with Gasteiger partial charge in [0.15, 0.2) is 0 Å². The van der Waals surface area contributed by atoms with Crippen LogP contribution >= 0.6 is 0 Å². The van der Waals surface area contributed by atoms with Gasteiger partial charge < -0.3 is 4.57 Å². The predicted octanol–water partition coefficient (Wildman–Crippen LogP) is 10.6. The summed E-state index contributed by atoms with van der Waals surface area (Å²) in [6, 6.07) is 69.3. The number of hydrogen-bond acceptors (Lipinski definition) is 0. The Labute approximate surface area is 294 Å². The van der Waals surface area contributed by atoms with Crippen LogP contribution in [0.1, 0.15) is 0 Å². The fraction of sp³-hybridized carbons (Fsp3) is 0. The van der Waals surface area contributed by atoms with Gasteiger partial charge in [0.1, 0.15) is 0 Å². The lowest BCUT2D eigenvalue weighted by Crippen LogP contribution is -2.21. The fourth-order valence-electron chi connectivity index (χ4n) is 7.90. The first-order chi connectivity index (χ1) is 24.8. The SMILES string of the molecule is c1ccc(-c2ccc(-c3ccc4c(c3)c3cc(-c5ccc(-c6ccccc6)cc5)ccc3n4-c3ccc4c(c3)[SiH2]c3ccccc3-4)cc2)cc1. The highest BCUT2D eigenvalue weighted by Gasteiger charge is 2.21. The highest BCUT2D eigenvalue weighted by atomic mass is 28.2. The minimum absolute atomic E-state index is 0.515. The van der Waals surface area contributed by atoms with Crippen molar-refractivity contribution in [1.29, 1.82) is 0 Å². The predicted molar refractivity (Wildman–Crippen MR) is 216 cm³/mol. The summed E-state index contributed by atoms with van der Waals surface area (Å²) in [5.74, 6) is 0. The molecule has 0 saturated carbocycles. The van der Waals surface area contributed by atoms with Gasteiger partial charge in [0.2, 0.25) is 0 Å². The maximum absolute atomic E-state index is 2.48. The normalized spacial score (nSPS) is 12.4. The minimum atomic E-state index is -0.515. The van der Waals surface area contributed by atoms with Gasteiger partial charge in [0.25, 0.3) is 0 Å². The van der Waals surface area contributed by atoms with Crippen LogP contribution in [0.25, 0.3) is 83.1 Å². The van der Waals surface area contributed by atoms with E-state index in [1.54, 1.807) is 5.19 Å². The lowest BCUT2D eigenvalue weighted by molar-refractivity contribution is 1.18. The fourth-order valence-corrected chi connectivity index (χ4v) is 9.88. The molecule has 0 radical (unpaired) electrons. The monoisotopic (exact) mass is 651 g/mol. The molecule has 1 aliphatic rings. The Morgan fingerprint density at radius 1 is 0.300 bits per heavy atom. The molecular weight excluding hydrogens is 619 g/mol. The highest BCUT2D eigenvalue weighted by Crippen LogP contribution is 2.38. The van der Waals surface area contributed by atoms with E-state index in [2.05, 4.69) is 193 Å². The smallest absolute Gasteiger partial charge is 0.0892 e. The van der Waals surface area contributed by atoms with Crippen LogP contribution in [0.5, 0.6) is 0 Å². The van der Waals surface area contributed by atoms with Crippen molar-refractivity contribution < 1.29 is 0 Å². The number of fused-ring (bicyclic) bond motifs is 6. The van der Waals surface area contributed by atoms with E-state index in [-0.39, 0.29) is 0 Å². The average Bonchev–Trinajstić information content (AvgIpc) is 3.73. The Hall–Kier alpha value is -6.22. The quantitative estimate of drug-likeness (QED) is 0.163. The Bertz CT molecular complexity index is 2550. The van der Waals surface area contributed by atoms with Gasteiger partial charge in [-0.2, -0.15) is 0 Å². The van der Waals surface area contributed by atoms with E-state index in [1.807, 2.05) is 0 Å². The molecule has 0 unspecified atom stereocenters. The molecule has 0 fully saturated rings. The van der Waals surface area contributed by atoms with Gasteiger partial charge in [-0.1, -0.05) is 162 Å². The Balaban J connectivity index is 1.11. The summed E-state index contributed by atoms with van der Waals surface area (Å²) in [7, 11) is -0.515. The van der Waals surface area contributed by atoms with Gasteiger partial charge in [-0.25, -0.2) is 0 Å². The first-order valence-corrected chi connectivity index (χ1v) is 18.8. The second-order valence-electron chi connectivity index (χ2n) is 13.4. The Kier molecular flexibility index (Phi) is 6.75. The number of hydrogen-bond donors (Lipinski definition) is 0. The van der Waals surface area contributed by atoms with Crippen LogP contribution < -0.4 is 10.4 Å². The summed E-state index contributed by atoms with van der Waals surface area (Å²) >= 11 is 0. The third-order valence-corrected chi connectivity index (χ3v) is 12.4. The third-order valence-electron chi connectivity index (χ3n) is 10.5. The number of benzene rings is 8. The summed E-state index contributed by atoms with van der Waals surface area (Å²) in [4.78, 5) is 0. The highest BCUT2D eigenvalue weighted by molar-refractivity contribution is 6.73. The molecule has 0 bridgehead atoms. The van der Waals surface area contributed by atoms with E-state index < -0.39 is 9.52 Å². The lowest BCUT2D eigenvalue weighted by atomic mass is 9.97. The molecule has 0 saturated heterocycles. The van der Waals surface area contributed by atoms with Crippen LogP contribution in [0.15, 0.2) is 188 Å². The van der Waals surface area contributed by atoms with E-state index >= 15 is 0 Å². The van der Waals surface area contributed by atoms with Crippen LogP contribution in [-0.4, -0.2) is 14.1 Å². The molecule has 0 N–H and O–H groups in total. The molecule has 0 spiro atoms. The summed E-state index contributed by atoms with van der Waals surface area (Å²) in [6.45, 7) is 0. The van der Waals surface area contributed by atoms with Gasteiger partial charge in [-0.3, -0.25) is 0 Å². The molecule has 2 heterocycles. The Morgan fingerprint density at radius 2 is 0.720 bits per heavy atom. The maximum atomic E-state index is 2.48. The standard InChI is InChI=1S/C48H33NSi/c1-3-9-32(10-4-1)34-15-19-36(20-16-34)38-23-27-45-43(29-38)44-30-39(37-21-17-35(18-22-37)33-11-5-2-6-12-33)24-28-46(44)49(45)40-25-26-42-41-13-7-8-14-47(41)50-48(42)31-40/h1-31H,50H2. The molecule has 1 nitrogen and oxygen atoms in total. The first kappa shape index (κ1) is 28.8. The van der Waals surface area contributed by atoms with Gasteiger partial charge in [0, 0.05) is 16.5 Å². The molecule has 50 heavy (non-hydrogen) atoms. The summed E-state index contributed by atoms with van der Waals surface area (Å²) in [6.07, 6.45) is 0. The van der Waals surface area contributed by atoms with Crippen molar-refractivity contribution in [3.8, 4) is 61.3 Å². The Morgan fingerprint density at radius 3 is 1.26 bits per heavy atom. The van der Waals surface area contributed by atoms with Crippen molar-refractivity contribution >= 4 is 41.7 Å². The second-order valence-corrected chi connectivity index (χ2v) is 15.2. The van der Waals surface area contributed by atoms with E-state index in [9.17, 15) is 0 Å². The molecule has 1 aliphatic heterocycles. The molecule has 9 aromatic rings. The molecule has 8 aromatic carbocycles. The molecule has 0 aliphatic carbocycles. The molecule has 0 amide bonds. The zero-order chi connectivity index (χ0) is 33.0. The van der Waals surface area contributed by atoms with Gasteiger partial charge >= 0.3 is 0 Å². The molecule has 1 aromatic heterocycles. The third kappa shape index (κ3) is 4.84. The number of nitrogens with zero attached hydrogens (tertiary/aromatic N) is 1. The topological polar surface area (TPSA) is 4.93 Å². The second kappa shape index (κ2) is 11.7.